The molecule has 0 spiro atoms. The average molecular weight is 445 g/mol. The van der Waals surface area contributed by atoms with E-state index in [1.165, 1.54) is 6.92 Å². The van der Waals surface area contributed by atoms with Crippen molar-refractivity contribution in [2.75, 3.05) is 11.9 Å². The fraction of sp³-hybridized carbons (Fsp3) is 0.304. The van der Waals surface area contributed by atoms with Crippen LogP contribution in [0, 0.1) is 5.92 Å². The first kappa shape index (κ1) is 24.1. The number of halogens is 1. The summed E-state index contributed by atoms with van der Waals surface area (Å²) in [6.07, 6.45) is 0.620. The van der Waals surface area contributed by atoms with Crippen LogP contribution < -0.4 is 10.6 Å². The standard InChI is InChI=1S/C23H25ClN2O5/c1-4-14(2)21(26-22(29)17-5-9-18(24)10-6-17)23(30)31-13-20(28)25-19-11-7-16(8-12-19)15(3)27/h5-12,14,21H,4,13H2,1-3H3,(H,25,28)(H,26,29)/t14-,21-/m0/s1. The van der Waals surface area contributed by atoms with Crippen molar-refractivity contribution in [1.82, 2.24) is 5.32 Å². The Morgan fingerprint density at radius 1 is 0.968 bits per heavy atom. The average Bonchev–Trinajstić information content (AvgIpc) is 2.76. The molecule has 2 amide bonds. The number of benzene rings is 2. The summed E-state index contributed by atoms with van der Waals surface area (Å²) < 4.78 is 5.14. The van der Waals surface area contributed by atoms with E-state index in [0.717, 1.165) is 0 Å². The van der Waals surface area contributed by atoms with E-state index in [0.29, 0.717) is 28.3 Å². The molecule has 164 valence electrons. The second kappa shape index (κ2) is 11.3. The van der Waals surface area contributed by atoms with Crippen LogP contribution in [-0.4, -0.2) is 36.2 Å². The van der Waals surface area contributed by atoms with Crippen molar-refractivity contribution in [3.05, 3.63) is 64.7 Å². The van der Waals surface area contributed by atoms with Crippen molar-refractivity contribution >= 4 is 40.9 Å². The van der Waals surface area contributed by atoms with Crippen LogP contribution in [-0.2, 0) is 14.3 Å². The van der Waals surface area contributed by atoms with Gasteiger partial charge in [0.05, 0.1) is 0 Å². The van der Waals surface area contributed by atoms with Crippen molar-refractivity contribution in [3.63, 3.8) is 0 Å². The van der Waals surface area contributed by atoms with Crippen molar-refractivity contribution in [1.29, 1.82) is 0 Å². The molecular weight excluding hydrogens is 420 g/mol. The first-order valence-corrected chi connectivity index (χ1v) is 10.2. The van der Waals surface area contributed by atoms with Crippen LogP contribution >= 0.6 is 11.6 Å². The highest BCUT2D eigenvalue weighted by Crippen LogP contribution is 2.14. The Kier molecular flexibility index (Phi) is 8.75. The van der Waals surface area contributed by atoms with E-state index in [9.17, 15) is 19.2 Å². The Morgan fingerprint density at radius 3 is 2.10 bits per heavy atom. The predicted octanol–water partition coefficient (Wildman–Crippen LogP) is 3.87. The molecule has 0 aliphatic carbocycles. The van der Waals surface area contributed by atoms with Gasteiger partial charge in [-0.3, -0.25) is 14.4 Å². The van der Waals surface area contributed by atoms with Gasteiger partial charge >= 0.3 is 5.97 Å². The molecule has 31 heavy (non-hydrogen) atoms. The maximum atomic E-state index is 12.6. The maximum absolute atomic E-state index is 12.6. The second-order valence-corrected chi connectivity index (χ2v) is 7.57. The Labute approximate surface area is 186 Å². The molecule has 0 aliphatic heterocycles. The number of hydrogen-bond donors (Lipinski definition) is 2. The largest absolute Gasteiger partial charge is 0.454 e. The van der Waals surface area contributed by atoms with Gasteiger partial charge in [0.15, 0.2) is 12.4 Å². The van der Waals surface area contributed by atoms with Gasteiger partial charge in [0, 0.05) is 21.8 Å². The molecule has 0 radical (unpaired) electrons. The number of ether oxygens (including phenoxy) is 1. The fourth-order valence-corrected chi connectivity index (χ4v) is 2.83. The lowest BCUT2D eigenvalue weighted by Crippen LogP contribution is -2.46. The molecule has 0 fully saturated rings. The molecule has 2 N–H and O–H groups in total. The van der Waals surface area contributed by atoms with Crippen LogP contribution in [0.4, 0.5) is 5.69 Å². The SMILES string of the molecule is CC[C@H](C)[C@H](NC(=O)c1ccc(Cl)cc1)C(=O)OCC(=O)Nc1ccc(C(C)=O)cc1. The minimum absolute atomic E-state index is 0.0801. The lowest BCUT2D eigenvalue weighted by atomic mass is 9.99. The monoisotopic (exact) mass is 444 g/mol. The number of amides is 2. The summed E-state index contributed by atoms with van der Waals surface area (Å²) in [4.78, 5) is 48.5. The molecule has 0 saturated carbocycles. The van der Waals surface area contributed by atoms with E-state index >= 15 is 0 Å². The van der Waals surface area contributed by atoms with Crippen molar-refractivity contribution < 1.29 is 23.9 Å². The zero-order valence-electron chi connectivity index (χ0n) is 17.6. The van der Waals surface area contributed by atoms with Crippen LogP contribution in [0.1, 0.15) is 47.9 Å². The quantitative estimate of drug-likeness (QED) is 0.451. The van der Waals surface area contributed by atoms with Gasteiger partial charge in [0.25, 0.3) is 11.8 Å². The zero-order valence-corrected chi connectivity index (χ0v) is 18.4. The van der Waals surface area contributed by atoms with Crippen molar-refractivity contribution in [2.24, 2.45) is 5.92 Å². The van der Waals surface area contributed by atoms with Gasteiger partial charge in [-0.25, -0.2) is 4.79 Å². The minimum Gasteiger partial charge on any atom is -0.454 e. The van der Waals surface area contributed by atoms with E-state index in [1.807, 2.05) is 13.8 Å². The van der Waals surface area contributed by atoms with Gasteiger partial charge in [0.1, 0.15) is 6.04 Å². The van der Waals surface area contributed by atoms with Crippen LogP contribution in [0.2, 0.25) is 5.02 Å². The van der Waals surface area contributed by atoms with Crippen molar-refractivity contribution in [3.8, 4) is 0 Å². The van der Waals surface area contributed by atoms with Crippen LogP contribution in [0.3, 0.4) is 0 Å². The Hall–Kier alpha value is -3.19. The third kappa shape index (κ3) is 7.22. The number of ketones is 1. The van der Waals surface area contributed by atoms with Gasteiger partial charge < -0.3 is 15.4 Å². The number of nitrogens with one attached hydrogen (secondary N) is 2. The van der Waals surface area contributed by atoms with E-state index in [2.05, 4.69) is 10.6 Å². The predicted molar refractivity (Wildman–Crippen MR) is 118 cm³/mol. The van der Waals surface area contributed by atoms with Crippen molar-refractivity contribution in [2.45, 2.75) is 33.2 Å². The zero-order chi connectivity index (χ0) is 23.0. The molecule has 0 heterocycles. The van der Waals surface area contributed by atoms with E-state index in [1.54, 1.807) is 48.5 Å². The lowest BCUT2D eigenvalue weighted by molar-refractivity contribution is -0.150. The highest BCUT2D eigenvalue weighted by molar-refractivity contribution is 6.30. The minimum atomic E-state index is -0.907. The number of carbonyl (C=O) groups is 4. The molecule has 0 aliphatic rings. The number of carbonyl (C=O) groups excluding carboxylic acids is 4. The molecule has 0 unspecified atom stereocenters. The molecule has 2 aromatic carbocycles. The molecule has 2 rings (SSSR count). The molecule has 0 bridgehead atoms. The summed E-state index contributed by atoms with van der Waals surface area (Å²) in [5.74, 6) is -1.95. The van der Waals surface area contributed by atoms with Gasteiger partial charge in [-0.05, 0) is 61.4 Å². The van der Waals surface area contributed by atoms with Gasteiger partial charge in [-0.15, -0.1) is 0 Å². The van der Waals surface area contributed by atoms with E-state index < -0.39 is 30.4 Å². The molecule has 2 atom stereocenters. The normalized spacial score (nSPS) is 12.4. The number of hydrogen-bond acceptors (Lipinski definition) is 5. The number of rotatable bonds is 9. The number of Topliss-reactive ketones (excluding diaryl/α,β-unsaturated/α-hetero) is 1. The third-order valence-corrected chi connectivity index (χ3v) is 5.03. The highest BCUT2D eigenvalue weighted by Gasteiger charge is 2.28. The Bertz CT molecular complexity index is 941. The second-order valence-electron chi connectivity index (χ2n) is 7.13. The maximum Gasteiger partial charge on any atom is 0.329 e. The molecule has 8 heteroatoms. The summed E-state index contributed by atoms with van der Waals surface area (Å²) in [5.41, 5.74) is 1.36. The molecule has 0 saturated heterocycles. The summed E-state index contributed by atoms with van der Waals surface area (Å²) >= 11 is 5.84. The van der Waals surface area contributed by atoms with E-state index in [4.69, 9.17) is 16.3 Å². The Balaban J connectivity index is 1.95. The van der Waals surface area contributed by atoms with Gasteiger partial charge in [-0.2, -0.15) is 0 Å². The number of esters is 1. The molecule has 0 aromatic heterocycles. The first-order valence-electron chi connectivity index (χ1n) is 9.85. The summed E-state index contributed by atoms with van der Waals surface area (Å²) in [7, 11) is 0. The van der Waals surface area contributed by atoms with Gasteiger partial charge in [0.2, 0.25) is 0 Å². The summed E-state index contributed by atoms with van der Waals surface area (Å²) in [6, 6.07) is 11.7. The highest BCUT2D eigenvalue weighted by atomic mass is 35.5. The fourth-order valence-electron chi connectivity index (χ4n) is 2.71. The summed E-state index contributed by atoms with van der Waals surface area (Å²) in [6.45, 7) is 4.64. The molecular formula is C23H25ClN2O5. The number of anilines is 1. The van der Waals surface area contributed by atoms with Crippen LogP contribution in [0.15, 0.2) is 48.5 Å². The van der Waals surface area contributed by atoms with Crippen LogP contribution in [0.5, 0.6) is 0 Å². The lowest BCUT2D eigenvalue weighted by Gasteiger charge is -2.22. The third-order valence-electron chi connectivity index (χ3n) is 4.78. The van der Waals surface area contributed by atoms with Crippen LogP contribution in [0.25, 0.3) is 0 Å². The summed E-state index contributed by atoms with van der Waals surface area (Å²) in [5, 5.41) is 5.76. The topological polar surface area (TPSA) is 102 Å². The van der Waals surface area contributed by atoms with E-state index in [-0.39, 0.29) is 11.7 Å². The van der Waals surface area contributed by atoms with Gasteiger partial charge in [-0.1, -0.05) is 31.9 Å². The Morgan fingerprint density at radius 2 is 1.55 bits per heavy atom. The molecule has 7 nitrogen and oxygen atoms in total. The molecule has 2 aromatic rings. The first-order chi connectivity index (χ1) is 14.7. The smallest absolute Gasteiger partial charge is 0.329 e.